The third-order valence-corrected chi connectivity index (χ3v) is 5.34. The van der Waals surface area contributed by atoms with Gasteiger partial charge >= 0.3 is 0 Å². The molecule has 0 unspecified atom stereocenters. The van der Waals surface area contributed by atoms with Crippen LogP contribution in [-0.4, -0.2) is 16.6 Å². The van der Waals surface area contributed by atoms with E-state index in [4.69, 9.17) is 23.8 Å². The molecular formula is C19H22ClN3S. The Morgan fingerprint density at radius 2 is 1.83 bits per heavy atom. The third kappa shape index (κ3) is 4.05. The topological polar surface area (TPSA) is 37.0 Å². The van der Waals surface area contributed by atoms with Crippen molar-refractivity contribution in [2.45, 2.75) is 37.5 Å². The second-order valence-corrected chi connectivity index (χ2v) is 7.12. The molecule has 126 valence electrons. The number of hydrogen-bond donors (Lipinski definition) is 2. The van der Waals surface area contributed by atoms with E-state index in [0.29, 0.717) is 10.3 Å². The van der Waals surface area contributed by atoms with E-state index in [1.165, 1.54) is 37.7 Å². The van der Waals surface area contributed by atoms with Crippen LogP contribution in [0.25, 0.3) is 0 Å². The third-order valence-electron chi connectivity index (χ3n) is 4.79. The van der Waals surface area contributed by atoms with Crippen molar-refractivity contribution in [3.63, 3.8) is 0 Å². The zero-order valence-corrected chi connectivity index (χ0v) is 15.2. The lowest BCUT2D eigenvalue weighted by atomic mass is 9.69. The molecule has 1 aromatic carbocycles. The van der Waals surface area contributed by atoms with Crippen molar-refractivity contribution in [1.82, 2.24) is 10.3 Å². The van der Waals surface area contributed by atoms with Crippen LogP contribution in [0, 0.1) is 0 Å². The lowest BCUT2D eigenvalue weighted by Crippen LogP contribution is -2.43. The first-order valence-corrected chi connectivity index (χ1v) is 9.19. The summed E-state index contributed by atoms with van der Waals surface area (Å²) >= 11 is 11.5. The van der Waals surface area contributed by atoms with Gasteiger partial charge in [0.25, 0.3) is 0 Å². The van der Waals surface area contributed by atoms with E-state index >= 15 is 0 Å². The molecule has 0 aliphatic heterocycles. The molecule has 5 heteroatoms. The van der Waals surface area contributed by atoms with Gasteiger partial charge in [-0.15, -0.1) is 0 Å². The molecule has 3 nitrogen and oxygen atoms in total. The lowest BCUT2D eigenvalue weighted by molar-refractivity contribution is 0.292. The molecule has 24 heavy (non-hydrogen) atoms. The summed E-state index contributed by atoms with van der Waals surface area (Å²) < 4.78 is 0. The van der Waals surface area contributed by atoms with Crippen molar-refractivity contribution < 1.29 is 0 Å². The molecule has 0 radical (unpaired) electrons. The van der Waals surface area contributed by atoms with Gasteiger partial charge in [0.05, 0.1) is 5.69 Å². The Kier molecular flexibility index (Phi) is 5.69. The molecule has 1 saturated carbocycles. The van der Waals surface area contributed by atoms with Crippen LogP contribution in [0.2, 0.25) is 5.15 Å². The molecule has 3 rings (SSSR count). The molecule has 2 N–H and O–H groups in total. The van der Waals surface area contributed by atoms with Gasteiger partial charge in [0.2, 0.25) is 0 Å². The fraction of sp³-hybridized carbons (Fsp3) is 0.368. The molecule has 1 aromatic heterocycles. The Bertz CT molecular complexity index is 684. The largest absolute Gasteiger partial charge is 0.362 e. The number of anilines is 1. The van der Waals surface area contributed by atoms with Gasteiger partial charge in [-0.3, -0.25) is 0 Å². The number of thiocarbonyl (C=S) groups is 1. The first kappa shape index (κ1) is 17.2. The summed E-state index contributed by atoms with van der Waals surface area (Å²) in [5.41, 5.74) is 2.29. The van der Waals surface area contributed by atoms with Crippen LogP contribution in [0.4, 0.5) is 5.69 Å². The number of hydrogen-bond acceptors (Lipinski definition) is 2. The van der Waals surface area contributed by atoms with Gasteiger partial charge < -0.3 is 10.6 Å². The van der Waals surface area contributed by atoms with Gasteiger partial charge in [-0.25, -0.2) is 4.98 Å². The Labute approximate surface area is 153 Å². The van der Waals surface area contributed by atoms with E-state index in [9.17, 15) is 0 Å². The van der Waals surface area contributed by atoms with E-state index in [0.717, 1.165) is 12.2 Å². The number of benzene rings is 1. The second kappa shape index (κ2) is 7.95. The Hall–Kier alpha value is -1.65. The van der Waals surface area contributed by atoms with Gasteiger partial charge in [-0.2, -0.15) is 0 Å². The Morgan fingerprint density at radius 1 is 1.08 bits per heavy atom. The van der Waals surface area contributed by atoms with E-state index < -0.39 is 0 Å². The van der Waals surface area contributed by atoms with Crippen molar-refractivity contribution in [3.8, 4) is 0 Å². The van der Waals surface area contributed by atoms with Crippen molar-refractivity contribution >= 4 is 34.6 Å². The van der Waals surface area contributed by atoms with Crippen LogP contribution in [0.3, 0.4) is 0 Å². The standard InChI is InChI=1S/C19H22ClN3S/c20-17-16(10-7-13-21-17)23-18(24)22-14-19(11-5-2-6-12-19)15-8-3-1-4-9-15/h1,3-4,7-10,13H,2,5-6,11-12,14H2,(H2,22,23,24). The summed E-state index contributed by atoms with van der Waals surface area (Å²) in [7, 11) is 0. The smallest absolute Gasteiger partial charge is 0.170 e. The highest BCUT2D eigenvalue weighted by molar-refractivity contribution is 7.80. The number of aromatic nitrogens is 1. The molecule has 0 bridgehead atoms. The van der Waals surface area contributed by atoms with Crippen molar-refractivity contribution in [3.05, 3.63) is 59.4 Å². The highest BCUT2D eigenvalue weighted by Crippen LogP contribution is 2.38. The maximum Gasteiger partial charge on any atom is 0.170 e. The fourth-order valence-electron chi connectivity index (χ4n) is 3.48. The average Bonchev–Trinajstić information content (AvgIpc) is 2.63. The summed E-state index contributed by atoms with van der Waals surface area (Å²) in [6.45, 7) is 0.834. The second-order valence-electron chi connectivity index (χ2n) is 6.36. The van der Waals surface area contributed by atoms with E-state index in [1.54, 1.807) is 6.20 Å². The Balaban J connectivity index is 1.68. The molecule has 1 aliphatic rings. The lowest BCUT2D eigenvalue weighted by Gasteiger charge is -2.38. The summed E-state index contributed by atoms with van der Waals surface area (Å²) in [5.74, 6) is 0. The molecular weight excluding hydrogens is 338 g/mol. The van der Waals surface area contributed by atoms with Gasteiger partial charge in [0.15, 0.2) is 10.3 Å². The van der Waals surface area contributed by atoms with E-state index in [2.05, 4.69) is 45.9 Å². The number of nitrogens with zero attached hydrogens (tertiary/aromatic N) is 1. The van der Waals surface area contributed by atoms with Gasteiger partial charge in [0.1, 0.15) is 0 Å². The molecule has 1 aliphatic carbocycles. The normalized spacial score (nSPS) is 16.4. The zero-order chi connectivity index (χ0) is 16.8. The highest BCUT2D eigenvalue weighted by atomic mass is 35.5. The van der Waals surface area contributed by atoms with Crippen LogP contribution < -0.4 is 10.6 Å². The van der Waals surface area contributed by atoms with Gasteiger partial charge in [-0.05, 0) is 42.8 Å². The van der Waals surface area contributed by atoms with Gasteiger partial charge in [-0.1, -0.05) is 61.2 Å². The predicted octanol–water partition coefficient (Wildman–Crippen LogP) is 4.92. The molecule has 0 saturated heterocycles. The molecule has 1 heterocycles. The number of pyridine rings is 1. The fourth-order valence-corrected chi connectivity index (χ4v) is 3.83. The number of halogens is 1. The SMILES string of the molecule is S=C(NCC1(c2ccccc2)CCCCC1)Nc1cccnc1Cl. The first-order chi connectivity index (χ1) is 11.7. The quantitative estimate of drug-likeness (QED) is 0.600. The van der Waals surface area contributed by atoms with Crippen molar-refractivity contribution in [2.24, 2.45) is 0 Å². The predicted molar refractivity (Wildman–Crippen MR) is 105 cm³/mol. The molecule has 0 spiro atoms. The van der Waals surface area contributed by atoms with Gasteiger partial charge in [0, 0.05) is 18.2 Å². The van der Waals surface area contributed by atoms with Crippen LogP contribution in [0.5, 0.6) is 0 Å². The molecule has 2 aromatic rings. The first-order valence-electron chi connectivity index (χ1n) is 8.41. The monoisotopic (exact) mass is 359 g/mol. The number of rotatable bonds is 4. The minimum Gasteiger partial charge on any atom is -0.362 e. The van der Waals surface area contributed by atoms with Crippen LogP contribution in [-0.2, 0) is 5.41 Å². The molecule has 1 fully saturated rings. The maximum absolute atomic E-state index is 6.08. The summed E-state index contributed by atoms with van der Waals surface area (Å²) in [6, 6.07) is 14.5. The summed E-state index contributed by atoms with van der Waals surface area (Å²) in [6.07, 6.45) is 7.91. The molecule has 0 atom stereocenters. The van der Waals surface area contributed by atoms with Crippen LogP contribution in [0.15, 0.2) is 48.7 Å². The minimum absolute atomic E-state index is 0.157. The zero-order valence-electron chi connectivity index (χ0n) is 13.6. The Morgan fingerprint density at radius 3 is 2.54 bits per heavy atom. The van der Waals surface area contributed by atoms with Crippen molar-refractivity contribution in [1.29, 1.82) is 0 Å². The summed E-state index contributed by atoms with van der Waals surface area (Å²) in [5, 5.41) is 7.56. The average molecular weight is 360 g/mol. The number of nitrogens with one attached hydrogen (secondary N) is 2. The molecule has 0 amide bonds. The maximum atomic E-state index is 6.08. The summed E-state index contributed by atoms with van der Waals surface area (Å²) in [4.78, 5) is 4.06. The van der Waals surface area contributed by atoms with E-state index in [-0.39, 0.29) is 5.41 Å². The van der Waals surface area contributed by atoms with Crippen molar-refractivity contribution in [2.75, 3.05) is 11.9 Å². The van der Waals surface area contributed by atoms with E-state index in [1.807, 2.05) is 12.1 Å². The van der Waals surface area contributed by atoms with Crippen LogP contribution in [0.1, 0.15) is 37.7 Å². The minimum atomic E-state index is 0.157. The van der Waals surface area contributed by atoms with Crippen LogP contribution >= 0.6 is 23.8 Å². The highest BCUT2D eigenvalue weighted by Gasteiger charge is 2.33.